The molecule has 0 amide bonds. The molecule has 0 spiro atoms. The molecule has 1 aromatic heterocycles. The molecule has 1 heterocycles. The fourth-order valence-corrected chi connectivity index (χ4v) is 5.20. The van der Waals surface area contributed by atoms with E-state index in [2.05, 4.69) is 14.1 Å². The highest BCUT2D eigenvalue weighted by molar-refractivity contribution is 8.00. The number of halogens is 4. The Morgan fingerprint density at radius 2 is 1.94 bits per heavy atom. The summed E-state index contributed by atoms with van der Waals surface area (Å²) < 4.78 is 55.7. The van der Waals surface area contributed by atoms with Crippen molar-refractivity contribution in [2.75, 3.05) is 11.3 Å². The first-order chi connectivity index (χ1) is 15.8. The highest BCUT2D eigenvalue weighted by Crippen LogP contribution is 2.40. The molecule has 1 fully saturated rings. The largest absolute Gasteiger partial charge is 0.490 e. The molecule has 0 atom stereocenters. The van der Waals surface area contributed by atoms with Crippen molar-refractivity contribution in [1.82, 2.24) is 9.36 Å². The summed E-state index contributed by atoms with van der Waals surface area (Å²) in [6.07, 6.45) is 4.93. The van der Waals surface area contributed by atoms with Crippen molar-refractivity contribution in [3.05, 3.63) is 64.7 Å². The standard InChI is InChI=1S/C22H22ClF3N4OS2/c23-15-2-1-13(7-16(15)24)10-22(5-3-14(27)4-6-22)11-31-19-8-18(26)20(9-17(19)25)32-30-21-28-12-29-33-21/h1-2,7-9,12,14H,3-6,10-11,27H2,(H,28,29,30). The van der Waals surface area contributed by atoms with Crippen LogP contribution in [0.1, 0.15) is 31.2 Å². The Kier molecular flexibility index (Phi) is 7.68. The van der Waals surface area contributed by atoms with Crippen LogP contribution >= 0.6 is 35.1 Å². The molecule has 4 rings (SSSR count). The van der Waals surface area contributed by atoms with Crippen LogP contribution in [0.3, 0.4) is 0 Å². The lowest BCUT2D eigenvalue weighted by Gasteiger charge is -2.39. The SMILES string of the molecule is NC1CCC(COc2cc(F)c(SNc3ncns3)cc2F)(Cc2ccc(Cl)c(F)c2)CC1. The van der Waals surface area contributed by atoms with E-state index in [1.54, 1.807) is 6.07 Å². The van der Waals surface area contributed by atoms with Gasteiger partial charge in [0, 0.05) is 29.1 Å². The number of hydrogen-bond donors (Lipinski definition) is 2. The number of benzene rings is 2. The Bertz CT molecular complexity index is 1100. The third kappa shape index (κ3) is 6.11. The summed E-state index contributed by atoms with van der Waals surface area (Å²) in [5.74, 6) is -1.93. The fraction of sp³-hybridized carbons (Fsp3) is 0.364. The van der Waals surface area contributed by atoms with Crippen LogP contribution < -0.4 is 15.2 Å². The van der Waals surface area contributed by atoms with Crippen molar-refractivity contribution in [3.63, 3.8) is 0 Å². The van der Waals surface area contributed by atoms with Gasteiger partial charge in [-0.15, -0.1) is 0 Å². The lowest BCUT2D eigenvalue weighted by molar-refractivity contribution is 0.0875. The number of anilines is 1. The average Bonchev–Trinajstić information content (AvgIpc) is 3.31. The van der Waals surface area contributed by atoms with E-state index in [1.165, 1.54) is 18.5 Å². The monoisotopic (exact) mass is 514 g/mol. The highest BCUT2D eigenvalue weighted by atomic mass is 35.5. The van der Waals surface area contributed by atoms with E-state index in [9.17, 15) is 13.2 Å². The Morgan fingerprint density at radius 3 is 2.64 bits per heavy atom. The average molecular weight is 515 g/mol. The minimum absolute atomic E-state index is 0.0610. The topological polar surface area (TPSA) is 73.1 Å². The molecule has 33 heavy (non-hydrogen) atoms. The lowest BCUT2D eigenvalue weighted by atomic mass is 9.69. The molecular formula is C22H22ClF3N4OS2. The molecule has 1 aliphatic carbocycles. The molecule has 1 aliphatic rings. The lowest BCUT2D eigenvalue weighted by Crippen LogP contribution is -2.39. The van der Waals surface area contributed by atoms with Crippen molar-refractivity contribution in [2.24, 2.45) is 11.1 Å². The summed E-state index contributed by atoms with van der Waals surface area (Å²) in [5, 5.41) is 0.544. The minimum atomic E-state index is -0.668. The third-order valence-corrected chi connectivity index (χ3v) is 7.63. The van der Waals surface area contributed by atoms with Gasteiger partial charge in [0.15, 0.2) is 11.6 Å². The summed E-state index contributed by atoms with van der Waals surface area (Å²) in [7, 11) is 0. The Hall–Kier alpha value is -2.01. The van der Waals surface area contributed by atoms with Gasteiger partial charge in [-0.05, 0) is 67.8 Å². The second-order valence-electron chi connectivity index (χ2n) is 8.21. The molecule has 0 radical (unpaired) electrons. The van der Waals surface area contributed by atoms with Crippen molar-refractivity contribution >= 4 is 40.2 Å². The minimum Gasteiger partial charge on any atom is -0.490 e. The smallest absolute Gasteiger partial charge is 0.212 e. The summed E-state index contributed by atoms with van der Waals surface area (Å²) in [6, 6.07) is 6.93. The van der Waals surface area contributed by atoms with E-state index in [1.807, 2.05) is 0 Å². The number of aromatic nitrogens is 2. The van der Waals surface area contributed by atoms with Crippen LogP contribution in [-0.4, -0.2) is 22.0 Å². The van der Waals surface area contributed by atoms with Crippen molar-refractivity contribution in [2.45, 2.75) is 43.0 Å². The number of hydrogen-bond acceptors (Lipinski definition) is 7. The van der Waals surface area contributed by atoms with Crippen molar-refractivity contribution in [1.29, 1.82) is 0 Å². The molecule has 0 bridgehead atoms. The van der Waals surface area contributed by atoms with Crippen LogP contribution in [0.4, 0.5) is 18.3 Å². The zero-order valence-corrected chi connectivity index (χ0v) is 19.9. The second-order valence-corrected chi connectivity index (χ2v) is 10.3. The van der Waals surface area contributed by atoms with E-state index in [-0.39, 0.29) is 33.7 Å². The van der Waals surface area contributed by atoms with E-state index in [0.29, 0.717) is 11.6 Å². The zero-order chi connectivity index (χ0) is 23.4. The first-order valence-electron chi connectivity index (χ1n) is 10.3. The van der Waals surface area contributed by atoms with Gasteiger partial charge in [-0.2, -0.15) is 4.37 Å². The maximum absolute atomic E-state index is 14.7. The summed E-state index contributed by atoms with van der Waals surface area (Å²) in [6.45, 7) is 0.163. The zero-order valence-electron chi connectivity index (χ0n) is 17.5. The molecular weight excluding hydrogens is 493 g/mol. The van der Waals surface area contributed by atoms with Gasteiger partial charge in [0.25, 0.3) is 0 Å². The van der Waals surface area contributed by atoms with Crippen LogP contribution in [0.25, 0.3) is 0 Å². The van der Waals surface area contributed by atoms with Gasteiger partial charge in [0.2, 0.25) is 5.13 Å². The maximum atomic E-state index is 14.7. The van der Waals surface area contributed by atoms with E-state index in [0.717, 1.165) is 66.9 Å². The number of nitrogens with zero attached hydrogens (tertiary/aromatic N) is 2. The quantitative estimate of drug-likeness (QED) is 0.347. The van der Waals surface area contributed by atoms with Crippen LogP contribution in [-0.2, 0) is 6.42 Å². The van der Waals surface area contributed by atoms with Gasteiger partial charge >= 0.3 is 0 Å². The normalized spacial score (nSPS) is 20.6. The van der Waals surface area contributed by atoms with E-state index in [4.69, 9.17) is 22.1 Å². The van der Waals surface area contributed by atoms with Crippen molar-refractivity contribution in [3.8, 4) is 5.75 Å². The van der Waals surface area contributed by atoms with Crippen LogP contribution in [0.15, 0.2) is 41.6 Å². The van der Waals surface area contributed by atoms with Gasteiger partial charge in [-0.1, -0.05) is 17.7 Å². The number of nitrogens with one attached hydrogen (secondary N) is 1. The van der Waals surface area contributed by atoms with Gasteiger partial charge in [0.05, 0.1) is 16.5 Å². The highest BCUT2D eigenvalue weighted by Gasteiger charge is 2.36. The summed E-state index contributed by atoms with van der Waals surface area (Å²) in [5.41, 5.74) is 6.49. The molecule has 176 valence electrons. The molecule has 0 saturated heterocycles. The molecule has 1 saturated carbocycles. The maximum Gasteiger partial charge on any atom is 0.212 e. The molecule has 3 N–H and O–H groups in total. The fourth-order valence-electron chi connectivity index (χ4n) is 3.95. The summed E-state index contributed by atoms with van der Waals surface area (Å²) in [4.78, 5) is 4.01. The first-order valence-corrected chi connectivity index (χ1v) is 12.3. The molecule has 2 aromatic carbocycles. The van der Waals surface area contributed by atoms with Crippen LogP contribution in [0.2, 0.25) is 5.02 Å². The first kappa shape index (κ1) is 24.1. The molecule has 0 unspecified atom stereocenters. The Morgan fingerprint density at radius 1 is 1.15 bits per heavy atom. The molecule has 11 heteroatoms. The van der Waals surface area contributed by atoms with Crippen molar-refractivity contribution < 1.29 is 17.9 Å². The predicted molar refractivity (Wildman–Crippen MR) is 125 cm³/mol. The number of nitrogens with two attached hydrogens (primary N) is 1. The number of rotatable bonds is 8. The van der Waals surface area contributed by atoms with E-state index < -0.39 is 17.5 Å². The van der Waals surface area contributed by atoms with E-state index >= 15 is 0 Å². The van der Waals surface area contributed by atoms with Gasteiger partial charge in [-0.3, -0.25) is 0 Å². The number of ether oxygens (including phenoxy) is 1. The van der Waals surface area contributed by atoms with Gasteiger partial charge in [0.1, 0.15) is 18.0 Å². The summed E-state index contributed by atoms with van der Waals surface area (Å²) >= 11 is 7.82. The predicted octanol–water partition coefficient (Wildman–Crippen LogP) is 6.24. The van der Waals surface area contributed by atoms with Gasteiger partial charge in [-0.25, -0.2) is 18.2 Å². The second kappa shape index (κ2) is 10.5. The molecule has 5 nitrogen and oxygen atoms in total. The Balaban J connectivity index is 1.47. The van der Waals surface area contributed by atoms with Crippen LogP contribution in [0.5, 0.6) is 5.75 Å². The third-order valence-electron chi connectivity index (χ3n) is 5.78. The van der Waals surface area contributed by atoms with Crippen LogP contribution in [0, 0.1) is 22.9 Å². The van der Waals surface area contributed by atoms with Gasteiger partial charge < -0.3 is 15.2 Å². The molecule has 3 aromatic rings. The Labute approximate surface area is 203 Å². The molecule has 0 aliphatic heterocycles.